The van der Waals surface area contributed by atoms with Crippen molar-refractivity contribution < 1.29 is 17.9 Å². The van der Waals surface area contributed by atoms with Gasteiger partial charge >= 0.3 is 6.18 Å². The molecule has 26 heavy (non-hydrogen) atoms. The van der Waals surface area contributed by atoms with Crippen LogP contribution in [0.3, 0.4) is 0 Å². The number of aliphatic imine (C=N–C) groups is 1. The monoisotopic (exact) mass is 488 g/mol. The number of nitrogens with one attached hydrogen (secondary N) is 1. The Morgan fingerprint density at radius 1 is 1.15 bits per heavy atom. The quantitative estimate of drug-likeness (QED) is 0.347. The lowest BCUT2D eigenvalue weighted by atomic mass is 10.1. The highest BCUT2D eigenvalue weighted by molar-refractivity contribution is 14.0. The van der Waals surface area contributed by atoms with Crippen LogP contribution >= 0.6 is 24.0 Å². The van der Waals surface area contributed by atoms with Crippen LogP contribution in [-0.4, -0.2) is 70.3 Å². The van der Waals surface area contributed by atoms with Gasteiger partial charge in [0, 0.05) is 47.4 Å². The SMILES string of the molecule is CN=C(NCCN(C)CCOC)N(C)Cc1ccc(C(F)(F)F)cc1.I. The molecule has 0 atom stereocenters. The topological polar surface area (TPSA) is 40.1 Å². The van der Waals surface area contributed by atoms with E-state index in [0.717, 1.165) is 30.8 Å². The predicted molar refractivity (Wildman–Crippen MR) is 109 cm³/mol. The van der Waals surface area contributed by atoms with Gasteiger partial charge in [0.25, 0.3) is 0 Å². The van der Waals surface area contributed by atoms with Gasteiger partial charge in [-0.15, -0.1) is 24.0 Å². The Labute approximate surface area is 170 Å². The molecule has 0 heterocycles. The van der Waals surface area contributed by atoms with Gasteiger partial charge in [-0.1, -0.05) is 12.1 Å². The van der Waals surface area contributed by atoms with Crippen molar-refractivity contribution in [2.45, 2.75) is 12.7 Å². The normalized spacial score (nSPS) is 12.1. The first-order valence-corrected chi connectivity index (χ1v) is 8.03. The molecule has 0 aliphatic heterocycles. The summed E-state index contributed by atoms with van der Waals surface area (Å²) in [6, 6.07) is 5.19. The van der Waals surface area contributed by atoms with E-state index in [9.17, 15) is 13.2 Å². The Balaban J connectivity index is 0.00000625. The molecule has 0 bridgehead atoms. The number of likely N-dealkylation sites (N-methyl/N-ethyl adjacent to an activating group) is 1. The van der Waals surface area contributed by atoms with Crippen molar-refractivity contribution in [2.75, 3.05) is 54.5 Å². The van der Waals surface area contributed by atoms with E-state index in [-0.39, 0.29) is 24.0 Å². The summed E-state index contributed by atoms with van der Waals surface area (Å²) in [5.41, 5.74) is 0.149. The zero-order valence-electron chi connectivity index (χ0n) is 15.6. The van der Waals surface area contributed by atoms with Crippen molar-refractivity contribution in [1.82, 2.24) is 15.1 Å². The number of guanidine groups is 1. The molecule has 5 nitrogen and oxygen atoms in total. The molecular formula is C17H28F3IN4O. The number of benzene rings is 1. The fraction of sp³-hybridized carbons (Fsp3) is 0.588. The molecule has 0 aliphatic rings. The van der Waals surface area contributed by atoms with Gasteiger partial charge < -0.3 is 19.9 Å². The summed E-state index contributed by atoms with van der Waals surface area (Å²) in [6.45, 7) is 3.54. The lowest BCUT2D eigenvalue weighted by Crippen LogP contribution is -2.42. The minimum Gasteiger partial charge on any atom is -0.383 e. The van der Waals surface area contributed by atoms with Crippen LogP contribution in [0.25, 0.3) is 0 Å². The van der Waals surface area contributed by atoms with Crippen molar-refractivity contribution in [3.8, 4) is 0 Å². The molecule has 1 aromatic rings. The molecule has 0 radical (unpaired) electrons. The second-order valence-corrected chi connectivity index (χ2v) is 5.82. The van der Waals surface area contributed by atoms with Gasteiger partial charge in [0.05, 0.1) is 12.2 Å². The van der Waals surface area contributed by atoms with E-state index in [1.807, 2.05) is 19.0 Å². The number of nitrogens with zero attached hydrogens (tertiary/aromatic N) is 3. The van der Waals surface area contributed by atoms with Gasteiger partial charge in [0.1, 0.15) is 0 Å². The molecule has 1 N–H and O–H groups in total. The van der Waals surface area contributed by atoms with E-state index in [4.69, 9.17) is 4.74 Å². The van der Waals surface area contributed by atoms with Crippen LogP contribution < -0.4 is 5.32 Å². The second kappa shape index (κ2) is 12.3. The van der Waals surface area contributed by atoms with Crippen LogP contribution in [0.4, 0.5) is 13.2 Å². The highest BCUT2D eigenvalue weighted by atomic mass is 127. The first-order chi connectivity index (χ1) is 11.8. The standard InChI is InChI=1S/C17H27F3N4O.HI/c1-21-16(22-9-10-23(2)11-12-25-4)24(3)13-14-5-7-15(8-6-14)17(18,19)20;/h5-8H,9-13H2,1-4H3,(H,21,22);1H. The van der Waals surface area contributed by atoms with Crippen molar-refractivity contribution in [3.63, 3.8) is 0 Å². The second-order valence-electron chi connectivity index (χ2n) is 5.82. The third-order valence-electron chi connectivity index (χ3n) is 3.73. The fourth-order valence-corrected chi connectivity index (χ4v) is 2.25. The number of hydrogen-bond acceptors (Lipinski definition) is 3. The largest absolute Gasteiger partial charge is 0.416 e. The van der Waals surface area contributed by atoms with E-state index in [2.05, 4.69) is 15.2 Å². The predicted octanol–water partition coefficient (Wildman–Crippen LogP) is 2.91. The summed E-state index contributed by atoms with van der Waals surface area (Å²) >= 11 is 0. The first kappa shape index (κ1) is 24.9. The summed E-state index contributed by atoms with van der Waals surface area (Å²) in [5.74, 6) is 0.694. The van der Waals surface area contributed by atoms with E-state index < -0.39 is 11.7 Å². The molecule has 1 rings (SSSR count). The van der Waals surface area contributed by atoms with E-state index in [1.165, 1.54) is 12.1 Å². The van der Waals surface area contributed by atoms with E-state index in [0.29, 0.717) is 25.7 Å². The zero-order chi connectivity index (χ0) is 18.9. The van der Waals surface area contributed by atoms with Crippen LogP contribution in [0.15, 0.2) is 29.3 Å². The van der Waals surface area contributed by atoms with Crippen molar-refractivity contribution >= 4 is 29.9 Å². The molecular weight excluding hydrogens is 460 g/mol. The zero-order valence-corrected chi connectivity index (χ0v) is 18.0. The van der Waals surface area contributed by atoms with Gasteiger partial charge in [0.15, 0.2) is 5.96 Å². The molecule has 0 fully saturated rings. The third-order valence-corrected chi connectivity index (χ3v) is 3.73. The lowest BCUT2D eigenvalue weighted by molar-refractivity contribution is -0.137. The summed E-state index contributed by atoms with van der Waals surface area (Å²) in [7, 11) is 7.21. The molecule has 0 amide bonds. The summed E-state index contributed by atoms with van der Waals surface area (Å²) < 4.78 is 42.8. The smallest absolute Gasteiger partial charge is 0.383 e. The average Bonchev–Trinajstić information content (AvgIpc) is 2.56. The maximum absolute atomic E-state index is 12.6. The van der Waals surface area contributed by atoms with Gasteiger partial charge in [0.2, 0.25) is 0 Å². The minimum absolute atomic E-state index is 0. The summed E-state index contributed by atoms with van der Waals surface area (Å²) in [5, 5.41) is 3.25. The van der Waals surface area contributed by atoms with Crippen LogP contribution in [0.2, 0.25) is 0 Å². The Kier molecular flexibility index (Phi) is 11.8. The maximum atomic E-state index is 12.6. The Bertz CT molecular complexity index is 538. The number of alkyl halides is 3. The fourth-order valence-electron chi connectivity index (χ4n) is 2.25. The molecule has 0 saturated heterocycles. The van der Waals surface area contributed by atoms with Gasteiger partial charge in [-0.3, -0.25) is 4.99 Å². The Morgan fingerprint density at radius 2 is 1.77 bits per heavy atom. The van der Waals surface area contributed by atoms with Crippen LogP contribution in [0.5, 0.6) is 0 Å². The highest BCUT2D eigenvalue weighted by Gasteiger charge is 2.29. The number of hydrogen-bond donors (Lipinski definition) is 1. The number of ether oxygens (including phenoxy) is 1. The van der Waals surface area contributed by atoms with Gasteiger partial charge in [-0.25, -0.2) is 0 Å². The summed E-state index contributed by atoms with van der Waals surface area (Å²) in [6.07, 6.45) is -4.31. The molecule has 0 aliphatic carbocycles. The first-order valence-electron chi connectivity index (χ1n) is 8.03. The highest BCUT2D eigenvalue weighted by Crippen LogP contribution is 2.29. The number of methoxy groups -OCH3 is 1. The molecule has 0 unspecified atom stereocenters. The van der Waals surface area contributed by atoms with Gasteiger partial charge in [-0.2, -0.15) is 13.2 Å². The van der Waals surface area contributed by atoms with Crippen LogP contribution in [-0.2, 0) is 17.5 Å². The number of halogens is 4. The molecule has 9 heteroatoms. The average molecular weight is 488 g/mol. The maximum Gasteiger partial charge on any atom is 0.416 e. The molecule has 0 aromatic heterocycles. The summed E-state index contributed by atoms with van der Waals surface area (Å²) in [4.78, 5) is 8.22. The molecule has 0 saturated carbocycles. The third kappa shape index (κ3) is 9.04. The van der Waals surface area contributed by atoms with Gasteiger partial charge in [-0.05, 0) is 24.7 Å². The minimum atomic E-state index is -4.31. The van der Waals surface area contributed by atoms with E-state index in [1.54, 1.807) is 14.2 Å². The molecule has 150 valence electrons. The van der Waals surface area contributed by atoms with E-state index >= 15 is 0 Å². The Hall–Kier alpha value is -1.07. The van der Waals surface area contributed by atoms with Crippen LogP contribution in [0.1, 0.15) is 11.1 Å². The molecule has 1 aromatic carbocycles. The molecule has 0 spiro atoms. The number of rotatable bonds is 8. The van der Waals surface area contributed by atoms with Crippen molar-refractivity contribution in [1.29, 1.82) is 0 Å². The van der Waals surface area contributed by atoms with Crippen molar-refractivity contribution in [3.05, 3.63) is 35.4 Å². The lowest BCUT2D eigenvalue weighted by Gasteiger charge is -2.24. The van der Waals surface area contributed by atoms with Crippen molar-refractivity contribution in [2.24, 2.45) is 4.99 Å². The van der Waals surface area contributed by atoms with Crippen LogP contribution in [0, 0.1) is 0 Å². The Morgan fingerprint density at radius 3 is 2.27 bits per heavy atom.